The van der Waals surface area contributed by atoms with E-state index in [2.05, 4.69) is 26.5 Å². The topological polar surface area (TPSA) is 61.4 Å². The monoisotopic (exact) mass is 300 g/mol. The second kappa shape index (κ2) is 6.32. The van der Waals surface area contributed by atoms with Gasteiger partial charge in [0.25, 0.3) is 0 Å². The summed E-state index contributed by atoms with van der Waals surface area (Å²) in [5.41, 5.74) is 1.07. The summed E-state index contributed by atoms with van der Waals surface area (Å²) < 4.78 is 3.55. The van der Waals surface area contributed by atoms with Gasteiger partial charge >= 0.3 is 0 Å². The van der Waals surface area contributed by atoms with Crippen molar-refractivity contribution in [3.63, 3.8) is 0 Å². The summed E-state index contributed by atoms with van der Waals surface area (Å²) in [4.78, 5) is 3.99. The fourth-order valence-electron chi connectivity index (χ4n) is 1.94. The predicted molar refractivity (Wildman–Crippen MR) is 79.6 cm³/mol. The Bertz CT molecular complexity index is 688. The third kappa shape index (κ3) is 3.55. The van der Waals surface area contributed by atoms with Gasteiger partial charge in [0, 0.05) is 11.2 Å². The van der Waals surface area contributed by atoms with E-state index < -0.39 is 0 Å². The molecular weight excluding hydrogens is 288 g/mol. The van der Waals surface area contributed by atoms with Gasteiger partial charge in [0.2, 0.25) is 0 Å². The summed E-state index contributed by atoms with van der Waals surface area (Å²) >= 11 is 5.89. The molecule has 1 aromatic carbocycles. The summed E-state index contributed by atoms with van der Waals surface area (Å²) in [7, 11) is 0. The number of halogens is 1. The maximum atomic E-state index is 5.89. The average molecular weight is 301 g/mol. The zero-order valence-electron chi connectivity index (χ0n) is 11.1. The van der Waals surface area contributed by atoms with Gasteiger partial charge in [-0.05, 0) is 17.7 Å². The standard InChI is InChI=1S/C14H13ClN6/c15-13-4-1-12(2-5-13)3-6-14(21-11-16-10-18-21)9-20-8-7-17-19-20/h1-8,10-11,14H,9H2. The molecule has 0 N–H and O–H groups in total. The van der Waals surface area contributed by atoms with Crippen LogP contribution in [0.25, 0.3) is 6.08 Å². The molecule has 1 unspecified atom stereocenters. The Hall–Kier alpha value is -2.47. The molecule has 7 heteroatoms. The highest BCUT2D eigenvalue weighted by Crippen LogP contribution is 2.14. The number of allylic oxidation sites excluding steroid dienone is 1. The lowest BCUT2D eigenvalue weighted by Crippen LogP contribution is -2.15. The zero-order valence-corrected chi connectivity index (χ0v) is 11.9. The average Bonchev–Trinajstić information content (AvgIpc) is 3.18. The van der Waals surface area contributed by atoms with E-state index in [1.807, 2.05) is 36.5 Å². The number of hydrogen-bond acceptors (Lipinski definition) is 4. The van der Waals surface area contributed by atoms with Gasteiger partial charge in [-0.1, -0.05) is 41.1 Å². The van der Waals surface area contributed by atoms with E-state index in [4.69, 9.17) is 11.6 Å². The van der Waals surface area contributed by atoms with Crippen LogP contribution >= 0.6 is 11.6 Å². The smallest absolute Gasteiger partial charge is 0.137 e. The lowest BCUT2D eigenvalue weighted by Gasteiger charge is -2.12. The highest BCUT2D eigenvalue weighted by Gasteiger charge is 2.09. The van der Waals surface area contributed by atoms with E-state index in [9.17, 15) is 0 Å². The molecule has 0 aliphatic rings. The first kappa shape index (κ1) is 13.5. The van der Waals surface area contributed by atoms with Crippen molar-refractivity contribution in [2.45, 2.75) is 12.6 Å². The Balaban J connectivity index is 1.80. The lowest BCUT2D eigenvalue weighted by molar-refractivity contribution is 0.434. The van der Waals surface area contributed by atoms with Crippen LogP contribution < -0.4 is 0 Å². The summed E-state index contributed by atoms with van der Waals surface area (Å²) in [6.07, 6.45) is 10.8. The van der Waals surface area contributed by atoms with Gasteiger partial charge in [0.05, 0.1) is 18.8 Å². The van der Waals surface area contributed by atoms with Gasteiger partial charge in [0.15, 0.2) is 0 Å². The van der Waals surface area contributed by atoms with Crippen LogP contribution in [0.1, 0.15) is 11.6 Å². The Morgan fingerprint density at radius 3 is 2.76 bits per heavy atom. The molecule has 0 aliphatic carbocycles. The van der Waals surface area contributed by atoms with Crippen LogP contribution in [0.2, 0.25) is 5.02 Å². The Morgan fingerprint density at radius 1 is 1.24 bits per heavy atom. The second-order valence-corrected chi connectivity index (χ2v) is 4.92. The van der Waals surface area contributed by atoms with Gasteiger partial charge in [0.1, 0.15) is 12.7 Å². The number of nitrogens with zero attached hydrogens (tertiary/aromatic N) is 6. The maximum absolute atomic E-state index is 5.89. The molecular formula is C14H13ClN6. The van der Waals surface area contributed by atoms with Crippen molar-refractivity contribution in [2.75, 3.05) is 0 Å². The molecule has 3 rings (SSSR count). The van der Waals surface area contributed by atoms with E-state index in [0.717, 1.165) is 10.6 Å². The molecule has 0 radical (unpaired) electrons. The Morgan fingerprint density at radius 2 is 2.10 bits per heavy atom. The first-order valence-electron chi connectivity index (χ1n) is 6.43. The van der Waals surface area contributed by atoms with Crippen LogP contribution in [0.3, 0.4) is 0 Å². The molecule has 0 aliphatic heterocycles. The van der Waals surface area contributed by atoms with E-state index in [-0.39, 0.29) is 6.04 Å². The summed E-state index contributed by atoms with van der Waals surface area (Å²) in [6, 6.07) is 7.66. The van der Waals surface area contributed by atoms with Gasteiger partial charge in [-0.25, -0.2) is 9.67 Å². The van der Waals surface area contributed by atoms with Crippen LogP contribution in [0.4, 0.5) is 0 Å². The van der Waals surface area contributed by atoms with E-state index >= 15 is 0 Å². The lowest BCUT2D eigenvalue weighted by atomic mass is 10.1. The third-order valence-electron chi connectivity index (χ3n) is 3.00. The summed E-state index contributed by atoms with van der Waals surface area (Å²) in [6.45, 7) is 0.632. The van der Waals surface area contributed by atoms with Crippen LogP contribution in [0.5, 0.6) is 0 Å². The fourth-order valence-corrected chi connectivity index (χ4v) is 2.07. The molecule has 0 saturated heterocycles. The first-order valence-corrected chi connectivity index (χ1v) is 6.81. The van der Waals surface area contributed by atoms with E-state index in [1.54, 1.807) is 21.9 Å². The van der Waals surface area contributed by atoms with E-state index in [1.165, 1.54) is 6.33 Å². The van der Waals surface area contributed by atoms with Gasteiger partial charge in [-0.15, -0.1) is 5.10 Å². The minimum Gasteiger partial charge on any atom is -0.250 e. The van der Waals surface area contributed by atoms with Crippen molar-refractivity contribution >= 4 is 17.7 Å². The summed E-state index contributed by atoms with van der Waals surface area (Å²) in [5, 5.41) is 12.7. The quantitative estimate of drug-likeness (QED) is 0.726. The molecule has 2 aromatic heterocycles. The van der Waals surface area contributed by atoms with Crippen molar-refractivity contribution in [1.82, 2.24) is 29.8 Å². The second-order valence-electron chi connectivity index (χ2n) is 4.48. The molecule has 3 aromatic rings. The number of hydrogen-bond donors (Lipinski definition) is 0. The molecule has 1 atom stereocenters. The van der Waals surface area contributed by atoms with Gasteiger partial charge < -0.3 is 0 Å². The zero-order chi connectivity index (χ0) is 14.5. The van der Waals surface area contributed by atoms with Crippen LogP contribution in [-0.4, -0.2) is 29.8 Å². The molecule has 0 spiro atoms. The molecule has 0 saturated carbocycles. The minimum absolute atomic E-state index is 0.00452. The highest BCUT2D eigenvalue weighted by atomic mass is 35.5. The normalized spacial score (nSPS) is 12.8. The molecule has 21 heavy (non-hydrogen) atoms. The van der Waals surface area contributed by atoms with Crippen molar-refractivity contribution in [3.05, 3.63) is 66.0 Å². The highest BCUT2D eigenvalue weighted by molar-refractivity contribution is 6.30. The first-order chi connectivity index (χ1) is 10.3. The molecule has 0 amide bonds. The van der Waals surface area contributed by atoms with E-state index in [0.29, 0.717) is 6.54 Å². The molecule has 6 nitrogen and oxygen atoms in total. The number of rotatable bonds is 5. The van der Waals surface area contributed by atoms with Crippen molar-refractivity contribution < 1.29 is 0 Å². The minimum atomic E-state index is 0.00452. The maximum Gasteiger partial charge on any atom is 0.137 e. The third-order valence-corrected chi connectivity index (χ3v) is 3.26. The van der Waals surface area contributed by atoms with Crippen LogP contribution in [0, 0.1) is 0 Å². The molecule has 2 heterocycles. The number of aromatic nitrogens is 6. The van der Waals surface area contributed by atoms with Gasteiger partial charge in [-0.3, -0.25) is 4.68 Å². The number of benzene rings is 1. The largest absolute Gasteiger partial charge is 0.250 e. The SMILES string of the molecule is Clc1ccc(C=CC(Cn2ccnn2)n2cncn2)cc1. The fraction of sp³-hybridized carbons (Fsp3) is 0.143. The molecule has 0 bridgehead atoms. The van der Waals surface area contributed by atoms with Crippen molar-refractivity contribution in [3.8, 4) is 0 Å². The molecule has 106 valence electrons. The summed E-state index contributed by atoms with van der Waals surface area (Å²) in [5.74, 6) is 0. The Kier molecular flexibility index (Phi) is 4.07. The van der Waals surface area contributed by atoms with Crippen LogP contribution in [-0.2, 0) is 6.54 Å². The van der Waals surface area contributed by atoms with Crippen molar-refractivity contribution in [1.29, 1.82) is 0 Å². The van der Waals surface area contributed by atoms with Crippen LogP contribution in [0.15, 0.2) is 55.4 Å². The Labute approximate surface area is 126 Å². The predicted octanol–water partition coefficient (Wildman–Crippen LogP) is 2.48. The van der Waals surface area contributed by atoms with Gasteiger partial charge in [-0.2, -0.15) is 5.10 Å². The molecule has 0 fully saturated rings. The van der Waals surface area contributed by atoms with Crippen molar-refractivity contribution in [2.24, 2.45) is 0 Å².